The summed E-state index contributed by atoms with van der Waals surface area (Å²) in [7, 11) is 2.15. The quantitative estimate of drug-likeness (QED) is 0.913. The second kappa shape index (κ2) is 4.66. The minimum absolute atomic E-state index is 0.288. The van der Waals surface area contributed by atoms with E-state index in [0.29, 0.717) is 6.04 Å². The van der Waals surface area contributed by atoms with Crippen molar-refractivity contribution < 1.29 is 9.90 Å². The van der Waals surface area contributed by atoms with Gasteiger partial charge in [-0.15, -0.1) is 0 Å². The zero-order chi connectivity index (χ0) is 13.4. The molecular formula is C14H17N3O2. The number of likely N-dealkylation sites (N-methyl/N-ethyl adjacent to an activating group) is 1. The number of carbonyl (C=O) groups is 1. The highest BCUT2D eigenvalue weighted by Gasteiger charge is 2.21. The van der Waals surface area contributed by atoms with E-state index in [1.165, 1.54) is 12.8 Å². The third kappa shape index (κ3) is 2.21. The molecule has 1 aromatic carbocycles. The largest absolute Gasteiger partial charge is 0.478 e. The van der Waals surface area contributed by atoms with Crippen molar-refractivity contribution in [2.24, 2.45) is 0 Å². The maximum atomic E-state index is 10.9. The van der Waals surface area contributed by atoms with Gasteiger partial charge in [0.1, 0.15) is 0 Å². The van der Waals surface area contributed by atoms with Crippen LogP contribution in [0, 0.1) is 0 Å². The van der Waals surface area contributed by atoms with Crippen molar-refractivity contribution in [3.05, 3.63) is 30.1 Å². The molecule has 1 aromatic heterocycles. The summed E-state index contributed by atoms with van der Waals surface area (Å²) >= 11 is 0. The Labute approximate surface area is 111 Å². The molecule has 1 aliphatic rings. The molecular weight excluding hydrogens is 242 g/mol. The molecule has 0 amide bonds. The lowest BCUT2D eigenvalue weighted by Crippen LogP contribution is -2.29. The van der Waals surface area contributed by atoms with Crippen molar-refractivity contribution >= 4 is 17.0 Å². The first-order valence-electron chi connectivity index (χ1n) is 6.53. The van der Waals surface area contributed by atoms with Gasteiger partial charge in [-0.1, -0.05) is 0 Å². The van der Waals surface area contributed by atoms with E-state index < -0.39 is 5.97 Å². The second-order valence-electron chi connectivity index (χ2n) is 5.18. The number of carboxylic acid groups (broad SMARTS) is 1. The van der Waals surface area contributed by atoms with Crippen molar-refractivity contribution in [2.75, 3.05) is 13.6 Å². The van der Waals surface area contributed by atoms with Crippen LogP contribution in [0.1, 0.15) is 23.2 Å². The van der Waals surface area contributed by atoms with Crippen LogP contribution >= 0.6 is 0 Å². The summed E-state index contributed by atoms with van der Waals surface area (Å²) in [5, 5.41) is 8.97. The molecule has 1 fully saturated rings. The second-order valence-corrected chi connectivity index (χ2v) is 5.18. The molecule has 100 valence electrons. The lowest BCUT2D eigenvalue weighted by molar-refractivity contribution is 0.0697. The van der Waals surface area contributed by atoms with Gasteiger partial charge in [0.25, 0.3) is 0 Å². The van der Waals surface area contributed by atoms with Gasteiger partial charge in [0.05, 0.1) is 22.9 Å². The number of aromatic carboxylic acids is 1. The molecule has 5 heteroatoms. The number of fused-ring (bicyclic) bond motifs is 1. The van der Waals surface area contributed by atoms with Crippen LogP contribution in [-0.2, 0) is 6.54 Å². The first-order chi connectivity index (χ1) is 9.15. The van der Waals surface area contributed by atoms with Gasteiger partial charge in [-0.05, 0) is 44.6 Å². The van der Waals surface area contributed by atoms with Gasteiger partial charge in [-0.2, -0.15) is 0 Å². The van der Waals surface area contributed by atoms with Crippen LogP contribution in [0.2, 0.25) is 0 Å². The molecule has 1 saturated heterocycles. The minimum Gasteiger partial charge on any atom is -0.478 e. The number of rotatable bonds is 3. The van der Waals surface area contributed by atoms with Gasteiger partial charge >= 0.3 is 5.97 Å². The Bertz CT molecular complexity index is 620. The molecule has 3 rings (SSSR count). The van der Waals surface area contributed by atoms with E-state index in [1.807, 2.05) is 12.4 Å². The Morgan fingerprint density at radius 2 is 2.37 bits per heavy atom. The highest BCUT2D eigenvalue weighted by atomic mass is 16.4. The fourth-order valence-electron chi connectivity index (χ4n) is 2.78. The number of aromatic nitrogens is 2. The summed E-state index contributed by atoms with van der Waals surface area (Å²) in [4.78, 5) is 17.6. The van der Waals surface area contributed by atoms with Crippen LogP contribution in [0.5, 0.6) is 0 Å². The van der Waals surface area contributed by atoms with Crippen LogP contribution in [-0.4, -0.2) is 45.2 Å². The van der Waals surface area contributed by atoms with E-state index in [4.69, 9.17) is 5.11 Å². The van der Waals surface area contributed by atoms with Crippen LogP contribution in [0.4, 0.5) is 0 Å². The molecule has 1 unspecified atom stereocenters. The van der Waals surface area contributed by atoms with E-state index >= 15 is 0 Å². The van der Waals surface area contributed by atoms with Crippen molar-refractivity contribution in [1.82, 2.24) is 14.5 Å². The molecule has 1 aliphatic heterocycles. The molecule has 0 bridgehead atoms. The average molecular weight is 259 g/mol. The SMILES string of the molecule is CN1CCCC1Cn1cnc2cc(C(=O)O)ccc21. The number of benzene rings is 1. The number of likely N-dealkylation sites (tertiary alicyclic amines) is 1. The standard InChI is InChI=1S/C14H17N3O2/c1-16-6-2-3-11(16)8-17-9-15-12-7-10(14(18)19)4-5-13(12)17/h4-5,7,9,11H,2-3,6,8H2,1H3,(H,18,19). The highest BCUT2D eigenvalue weighted by Crippen LogP contribution is 2.20. The minimum atomic E-state index is -0.910. The zero-order valence-corrected chi connectivity index (χ0v) is 10.9. The Kier molecular flexibility index (Phi) is 2.98. The topological polar surface area (TPSA) is 58.4 Å². The number of carboxylic acids is 1. The Hall–Kier alpha value is -1.88. The number of hydrogen-bond acceptors (Lipinski definition) is 3. The monoisotopic (exact) mass is 259 g/mol. The Morgan fingerprint density at radius 3 is 3.05 bits per heavy atom. The summed E-state index contributed by atoms with van der Waals surface area (Å²) in [6.45, 7) is 2.07. The molecule has 0 saturated carbocycles. The summed E-state index contributed by atoms with van der Waals surface area (Å²) in [5.41, 5.74) is 2.04. The molecule has 0 aliphatic carbocycles. The third-order valence-electron chi connectivity index (χ3n) is 3.95. The fourth-order valence-corrected chi connectivity index (χ4v) is 2.78. The van der Waals surface area contributed by atoms with E-state index in [1.54, 1.807) is 12.1 Å². The number of hydrogen-bond donors (Lipinski definition) is 1. The number of nitrogens with zero attached hydrogens (tertiary/aromatic N) is 3. The van der Waals surface area contributed by atoms with Gasteiger partial charge in [0, 0.05) is 12.6 Å². The third-order valence-corrected chi connectivity index (χ3v) is 3.95. The molecule has 2 heterocycles. The first-order valence-corrected chi connectivity index (χ1v) is 6.53. The van der Waals surface area contributed by atoms with Crippen molar-refractivity contribution in [3.8, 4) is 0 Å². The molecule has 19 heavy (non-hydrogen) atoms. The first kappa shape index (κ1) is 12.2. The predicted octanol–water partition coefficient (Wildman–Crippen LogP) is 1.83. The Morgan fingerprint density at radius 1 is 1.53 bits per heavy atom. The molecule has 0 spiro atoms. The van der Waals surface area contributed by atoms with Crippen molar-refractivity contribution in [3.63, 3.8) is 0 Å². The van der Waals surface area contributed by atoms with Gasteiger partial charge < -0.3 is 14.6 Å². The maximum absolute atomic E-state index is 10.9. The van der Waals surface area contributed by atoms with Crippen molar-refractivity contribution in [1.29, 1.82) is 0 Å². The lowest BCUT2D eigenvalue weighted by Gasteiger charge is -2.20. The summed E-state index contributed by atoms with van der Waals surface area (Å²) < 4.78 is 2.12. The smallest absolute Gasteiger partial charge is 0.335 e. The molecule has 0 radical (unpaired) electrons. The molecule has 1 N–H and O–H groups in total. The Balaban J connectivity index is 1.90. The zero-order valence-electron chi connectivity index (χ0n) is 10.9. The maximum Gasteiger partial charge on any atom is 0.335 e. The van der Waals surface area contributed by atoms with Crippen LogP contribution in [0.3, 0.4) is 0 Å². The van der Waals surface area contributed by atoms with Gasteiger partial charge in [0.15, 0.2) is 0 Å². The van der Waals surface area contributed by atoms with Gasteiger partial charge in [-0.3, -0.25) is 0 Å². The lowest BCUT2D eigenvalue weighted by atomic mass is 10.2. The van der Waals surface area contributed by atoms with Crippen LogP contribution in [0.15, 0.2) is 24.5 Å². The molecule has 1 atom stereocenters. The predicted molar refractivity (Wildman–Crippen MR) is 72.3 cm³/mol. The molecule has 5 nitrogen and oxygen atoms in total. The normalized spacial score (nSPS) is 20.2. The molecule has 2 aromatic rings. The van der Waals surface area contributed by atoms with Gasteiger partial charge in [-0.25, -0.2) is 9.78 Å². The summed E-state index contributed by atoms with van der Waals surface area (Å²) in [6, 6.07) is 5.67. The van der Waals surface area contributed by atoms with Gasteiger partial charge in [0.2, 0.25) is 0 Å². The van der Waals surface area contributed by atoms with Crippen LogP contribution < -0.4 is 0 Å². The highest BCUT2D eigenvalue weighted by molar-refractivity contribution is 5.92. The average Bonchev–Trinajstić information content (AvgIpc) is 2.97. The van der Waals surface area contributed by atoms with E-state index in [2.05, 4.69) is 21.5 Å². The number of imidazole rings is 1. The van der Waals surface area contributed by atoms with E-state index in [9.17, 15) is 4.79 Å². The fraction of sp³-hybridized carbons (Fsp3) is 0.429. The summed E-state index contributed by atoms with van der Waals surface area (Å²) in [5.74, 6) is -0.910. The van der Waals surface area contributed by atoms with E-state index in [0.717, 1.165) is 24.1 Å². The summed E-state index contributed by atoms with van der Waals surface area (Å²) in [6.07, 6.45) is 4.27. The van der Waals surface area contributed by atoms with Crippen LogP contribution in [0.25, 0.3) is 11.0 Å². The van der Waals surface area contributed by atoms with Crippen molar-refractivity contribution in [2.45, 2.75) is 25.4 Å². The van der Waals surface area contributed by atoms with E-state index in [-0.39, 0.29) is 5.56 Å².